The van der Waals surface area contributed by atoms with Gasteiger partial charge in [-0.3, -0.25) is 4.98 Å². The lowest BCUT2D eigenvalue weighted by Gasteiger charge is -2.38. The second kappa shape index (κ2) is 10.6. The average Bonchev–Trinajstić information content (AvgIpc) is 3.47. The SMILES string of the molecule is COC1CCC(C#N)(c2cc(N3CCOC[C@H]3C)nc3c(-c4ccnn4C4CCCCO4)nccc23)CC1. The molecular formula is C29H36N6O3. The minimum Gasteiger partial charge on any atom is -0.381 e. The van der Waals surface area contributed by atoms with E-state index in [0.29, 0.717) is 13.2 Å². The van der Waals surface area contributed by atoms with Gasteiger partial charge in [0.05, 0.1) is 42.5 Å². The van der Waals surface area contributed by atoms with Crippen LogP contribution < -0.4 is 4.90 Å². The van der Waals surface area contributed by atoms with E-state index in [1.807, 2.05) is 29.2 Å². The van der Waals surface area contributed by atoms with Gasteiger partial charge >= 0.3 is 0 Å². The van der Waals surface area contributed by atoms with Crippen LogP contribution in [0.1, 0.15) is 63.7 Å². The molecule has 38 heavy (non-hydrogen) atoms. The first-order valence-electron chi connectivity index (χ1n) is 13.9. The number of fused-ring (bicyclic) bond motifs is 1. The minimum atomic E-state index is -0.605. The van der Waals surface area contributed by atoms with Crippen LogP contribution in [-0.2, 0) is 19.6 Å². The zero-order valence-corrected chi connectivity index (χ0v) is 22.3. The van der Waals surface area contributed by atoms with Gasteiger partial charge in [-0.15, -0.1) is 0 Å². The third kappa shape index (κ3) is 4.45. The Morgan fingerprint density at radius 1 is 1.13 bits per heavy atom. The Morgan fingerprint density at radius 2 is 2.00 bits per heavy atom. The summed E-state index contributed by atoms with van der Waals surface area (Å²) < 4.78 is 19.4. The van der Waals surface area contributed by atoms with Crippen LogP contribution in [0.5, 0.6) is 0 Å². The van der Waals surface area contributed by atoms with Gasteiger partial charge in [0.15, 0.2) is 6.23 Å². The number of hydrogen-bond acceptors (Lipinski definition) is 8. The highest BCUT2D eigenvalue weighted by molar-refractivity contribution is 5.94. The fourth-order valence-electron chi connectivity index (χ4n) is 6.35. The highest BCUT2D eigenvalue weighted by Crippen LogP contribution is 2.45. The summed E-state index contributed by atoms with van der Waals surface area (Å²) in [4.78, 5) is 12.4. The summed E-state index contributed by atoms with van der Waals surface area (Å²) >= 11 is 0. The highest BCUT2D eigenvalue weighted by Gasteiger charge is 2.40. The molecule has 3 aliphatic rings. The van der Waals surface area contributed by atoms with E-state index in [1.54, 1.807) is 7.11 Å². The highest BCUT2D eigenvalue weighted by atomic mass is 16.5. The molecule has 2 saturated heterocycles. The van der Waals surface area contributed by atoms with Crippen molar-refractivity contribution >= 4 is 16.7 Å². The van der Waals surface area contributed by atoms with E-state index in [4.69, 9.17) is 24.2 Å². The summed E-state index contributed by atoms with van der Waals surface area (Å²) in [7, 11) is 1.76. The maximum absolute atomic E-state index is 10.6. The summed E-state index contributed by atoms with van der Waals surface area (Å²) in [5.41, 5.74) is 2.90. The van der Waals surface area contributed by atoms with Crippen LogP contribution in [0.15, 0.2) is 30.6 Å². The number of hydrogen-bond donors (Lipinski definition) is 0. The van der Waals surface area contributed by atoms with Crippen molar-refractivity contribution in [2.75, 3.05) is 38.4 Å². The monoisotopic (exact) mass is 516 g/mol. The fraction of sp³-hybridized carbons (Fsp3) is 0.586. The van der Waals surface area contributed by atoms with Crippen molar-refractivity contribution in [1.82, 2.24) is 19.7 Å². The number of methoxy groups -OCH3 is 1. The summed E-state index contributed by atoms with van der Waals surface area (Å²) in [6, 6.07) is 9.10. The quantitative estimate of drug-likeness (QED) is 0.478. The first-order chi connectivity index (χ1) is 18.6. The number of nitrogens with zero attached hydrogens (tertiary/aromatic N) is 6. The molecule has 6 rings (SSSR count). The lowest BCUT2D eigenvalue weighted by molar-refractivity contribution is -0.0383. The smallest absolute Gasteiger partial charge is 0.150 e. The second-order valence-corrected chi connectivity index (χ2v) is 10.8. The number of morpholine rings is 1. The van der Waals surface area contributed by atoms with E-state index in [0.717, 1.165) is 91.8 Å². The molecule has 1 unspecified atom stereocenters. The Hall–Kier alpha value is -3.06. The largest absolute Gasteiger partial charge is 0.381 e. The van der Waals surface area contributed by atoms with E-state index >= 15 is 0 Å². The molecule has 0 aromatic carbocycles. The molecule has 2 atom stereocenters. The molecule has 3 aromatic rings. The Bertz CT molecular complexity index is 1320. The van der Waals surface area contributed by atoms with Gasteiger partial charge in [0, 0.05) is 38.0 Å². The zero-order valence-electron chi connectivity index (χ0n) is 22.3. The Labute approximate surface area is 223 Å². The number of rotatable bonds is 5. The molecule has 3 aromatic heterocycles. The number of ether oxygens (including phenoxy) is 3. The minimum absolute atomic E-state index is 0.109. The normalized spacial score (nSPS) is 28.3. The van der Waals surface area contributed by atoms with Crippen molar-refractivity contribution in [1.29, 1.82) is 5.26 Å². The Balaban J connectivity index is 1.54. The second-order valence-electron chi connectivity index (χ2n) is 10.8. The lowest BCUT2D eigenvalue weighted by atomic mass is 9.69. The number of aromatic nitrogens is 4. The molecule has 1 saturated carbocycles. The molecule has 1 aliphatic carbocycles. The van der Waals surface area contributed by atoms with Crippen molar-refractivity contribution in [3.63, 3.8) is 0 Å². The molecule has 9 heteroatoms. The van der Waals surface area contributed by atoms with Crippen molar-refractivity contribution in [2.24, 2.45) is 0 Å². The average molecular weight is 517 g/mol. The van der Waals surface area contributed by atoms with Gasteiger partial charge in [-0.2, -0.15) is 10.4 Å². The topological polar surface area (TPSA) is 98.3 Å². The van der Waals surface area contributed by atoms with Crippen LogP contribution in [0.4, 0.5) is 5.82 Å². The van der Waals surface area contributed by atoms with Gasteiger partial charge < -0.3 is 19.1 Å². The van der Waals surface area contributed by atoms with E-state index in [1.165, 1.54) is 0 Å². The Morgan fingerprint density at radius 3 is 2.74 bits per heavy atom. The van der Waals surface area contributed by atoms with Crippen molar-refractivity contribution < 1.29 is 14.2 Å². The molecule has 0 N–H and O–H groups in total. The van der Waals surface area contributed by atoms with Crippen LogP contribution in [0.2, 0.25) is 0 Å². The van der Waals surface area contributed by atoms with E-state index in [-0.39, 0.29) is 18.4 Å². The van der Waals surface area contributed by atoms with Crippen LogP contribution in [0.25, 0.3) is 22.3 Å². The summed E-state index contributed by atoms with van der Waals surface area (Å²) in [5, 5.41) is 16.3. The van der Waals surface area contributed by atoms with Crippen molar-refractivity contribution in [3.8, 4) is 17.5 Å². The molecular weight excluding hydrogens is 480 g/mol. The van der Waals surface area contributed by atoms with Crippen LogP contribution in [0.3, 0.4) is 0 Å². The van der Waals surface area contributed by atoms with E-state index < -0.39 is 5.41 Å². The predicted molar refractivity (Wildman–Crippen MR) is 144 cm³/mol. The van der Waals surface area contributed by atoms with Gasteiger partial charge in [-0.1, -0.05) is 0 Å². The third-order valence-electron chi connectivity index (χ3n) is 8.57. The molecule has 9 nitrogen and oxygen atoms in total. The van der Waals surface area contributed by atoms with E-state index in [9.17, 15) is 5.26 Å². The first kappa shape index (κ1) is 25.2. The summed E-state index contributed by atoms with van der Waals surface area (Å²) in [6.07, 6.45) is 10.1. The first-order valence-corrected chi connectivity index (χ1v) is 13.9. The Kier molecular flexibility index (Phi) is 7.04. The van der Waals surface area contributed by atoms with E-state index in [2.05, 4.69) is 29.1 Å². The van der Waals surface area contributed by atoms with Crippen molar-refractivity contribution in [2.45, 2.75) is 75.7 Å². The summed E-state index contributed by atoms with van der Waals surface area (Å²) in [5.74, 6) is 0.876. The van der Waals surface area contributed by atoms with Gasteiger partial charge in [-0.05, 0) is 75.6 Å². The summed E-state index contributed by atoms with van der Waals surface area (Å²) in [6.45, 7) is 4.97. The molecule has 5 heterocycles. The molecule has 0 amide bonds. The molecule has 0 radical (unpaired) electrons. The fourth-order valence-corrected chi connectivity index (χ4v) is 6.35. The molecule has 2 aliphatic heterocycles. The number of anilines is 1. The van der Waals surface area contributed by atoms with Gasteiger partial charge in [0.25, 0.3) is 0 Å². The maximum Gasteiger partial charge on any atom is 0.150 e. The van der Waals surface area contributed by atoms with Crippen LogP contribution in [-0.4, -0.2) is 65.4 Å². The third-order valence-corrected chi connectivity index (χ3v) is 8.57. The molecule has 200 valence electrons. The maximum atomic E-state index is 10.6. The van der Waals surface area contributed by atoms with Crippen molar-refractivity contribution in [3.05, 3.63) is 36.2 Å². The van der Waals surface area contributed by atoms with Gasteiger partial charge in [-0.25, -0.2) is 9.67 Å². The van der Waals surface area contributed by atoms with Gasteiger partial charge in [0.1, 0.15) is 17.0 Å². The molecule has 0 bridgehead atoms. The molecule has 3 fully saturated rings. The van der Waals surface area contributed by atoms with Crippen LogP contribution >= 0.6 is 0 Å². The zero-order chi connectivity index (χ0) is 26.1. The standard InChI is InChI=1S/C29H36N6O3/c1-20-18-37-16-14-34(20)25-17-23(29(19-30)10-6-21(36-2)7-11-29)22-8-12-31-28(27(22)33-25)24-9-13-32-35(24)26-5-3-4-15-38-26/h8-9,12-13,17,20-21,26H,3-7,10-11,14-16,18H2,1-2H3/t20-,21?,26?,29?/m1/s1. The van der Waals surface area contributed by atoms with Gasteiger partial charge in [0.2, 0.25) is 0 Å². The molecule has 0 spiro atoms. The number of nitriles is 1. The van der Waals surface area contributed by atoms with Crippen LogP contribution in [0, 0.1) is 11.3 Å². The lowest BCUT2D eigenvalue weighted by Crippen LogP contribution is -2.44. The number of pyridine rings is 2. The predicted octanol–water partition coefficient (Wildman–Crippen LogP) is 4.77.